The molecule has 3 rings (SSSR count). The van der Waals surface area contributed by atoms with Crippen molar-refractivity contribution >= 4 is 5.82 Å². The molecule has 1 unspecified atom stereocenters. The van der Waals surface area contributed by atoms with Crippen LogP contribution in [0.2, 0.25) is 0 Å². The Kier molecular flexibility index (Phi) is 3.50. The summed E-state index contributed by atoms with van der Waals surface area (Å²) in [5, 5.41) is 3.49. The van der Waals surface area contributed by atoms with E-state index in [2.05, 4.69) is 40.6 Å². The Bertz CT molecular complexity index is 383. The van der Waals surface area contributed by atoms with Crippen molar-refractivity contribution in [1.29, 1.82) is 0 Å². The van der Waals surface area contributed by atoms with Gasteiger partial charge in [-0.3, -0.25) is 4.90 Å². The Morgan fingerprint density at radius 1 is 1.17 bits per heavy atom. The monoisotopic (exact) mass is 245 g/mol. The van der Waals surface area contributed by atoms with E-state index in [9.17, 15) is 0 Å². The lowest BCUT2D eigenvalue weighted by molar-refractivity contribution is 0.187. The largest absolute Gasteiger partial charge is 0.367 e. The van der Waals surface area contributed by atoms with Crippen LogP contribution in [-0.4, -0.2) is 29.5 Å². The van der Waals surface area contributed by atoms with Gasteiger partial charge in [0.15, 0.2) is 0 Å². The Labute approximate surface area is 110 Å². The minimum absolute atomic E-state index is 0.573. The predicted octanol–water partition coefficient (Wildman–Crippen LogP) is 3.20. The van der Waals surface area contributed by atoms with Crippen LogP contribution in [0, 0.1) is 0 Å². The Balaban J connectivity index is 1.65. The van der Waals surface area contributed by atoms with E-state index in [0.717, 1.165) is 5.82 Å². The lowest BCUT2D eigenvalue weighted by atomic mass is 9.93. The molecule has 1 aromatic rings. The fraction of sp³-hybridized carbons (Fsp3) is 0.667. The van der Waals surface area contributed by atoms with Gasteiger partial charge in [-0.15, -0.1) is 0 Å². The van der Waals surface area contributed by atoms with Crippen LogP contribution in [0.1, 0.15) is 50.1 Å². The number of hydrogen-bond acceptors (Lipinski definition) is 3. The smallest absolute Gasteiger partial charge is 0.126 e. The van der Waals surface area contributed by atoms with E-state index in [0.29, 0.717) is 12.1 Å². The van der Waals surface area contributed by atoms with Gasteiger partial charge in [-0.1, -0.05) is 12.5 Å². The molecule has 3 nitrogen and oxygen atoms in total. The average molecular weight is 245 g/mol. The standard InChI is InChI=1S/C15H23N3/c1-18-10-3-2-7-14(18)12-8-9-15(16-11-12)17-13-5-4-6-13/h8-9,11,13-14H,2-7,10H2,1H3,(H,16,17). The van der Waals surface area contributed by atoms with Gasteiger partial charge < -0.3 is 5.32 Å². The third-order valence-electron chi connectivity index (χ3n) is 4.40. The Morgan fingerprint density at radius 3 is 2.67 bits per heavy atom. The average Bonchev–Trinajstić information content (AvgIpc) is 2.35. The van der Waals surface area contributed by atoms with Gasteiger partial charge in [0, 0.05) is 18.3 Å². The number of aromatic nitrogens is 1. The SMILES string of the molecule is CN1CCCCC1c1ccc(NC2CCC2)nc1. The lowest BCUT2D eigenvalue weighted by Crippen LogP contribution is -2.30. The van der Waals surface area contributed by atoms with Crippen molar-refractivity contribution in [2.45, 2.75) is 50.6 Å². The van der Waals surface area contributed by atoms with Crippen molar-refractivity contribution in [3.63, 3.8) is 0 Å². The van der Waals surface area contributed by atoms with E-state index < -0.39 is 0 Å². The van der Waals surface area contributed by atoms with Gasteiger partial charge in [0.2, 0.25) is 0 Å². The highest BCUT2D eigenvalue weighted by Gasteiger charge is 2.21. The van der Waals surface area contributed by atoms with Gasteiger partial charge >= 0.3 is 0 Å². The van der Waals surface area contributed by atoms with Crippen LogP contribution >= 0.6 is 0 Å². The van der Waals surface area contributed by atoms with Crippen molar-refractivity contribution in [3.05, 3.63) is 23.9 Å². The molecule has 1 aliphatic carbocycles. The molecule has 2 aliphatic rings. The molecule has 3 heteroatoms. The minimum atomic E-state index is 0.573. The summed E-state index contributed by atoms with van der Waals surface area (Å²) in [5.41, 5.74) is 1.37. The molecule has 18 heavy (non-hydrogen) atoms. The second kappa shape index (κ2) is 5.27. The van der Waals surface area contributed by atoms with Gasteiger partial charge in [-0.05, 0) is 57.3 Å². The van der Waals surface area contributed by atoms with Crippen LogP contribution < -0.4 is 5.32 Å². The normalized spacial score (nSPS) is 25.7. The highest BCUT2D eigenvalue weighted by Crippen LogP contribution is 2.29. The van der Waals surface area contributed by atoms with E-state index in [1.165, 1.54) is 50.6 Å². The summed E-state index contributed by atoms with van der Waals surface area (Å²) in [5.74, 6) is 1.04. The van der Waals surface area contributed by atoms with Crippen LogP contribution in [0.25, 0.3) is 0 Å². The zero-order valence-electron chi connectivity index (χ0n) is 11.2. The Hall–Kier alpha value is -1.09. The fourth-order valence-corrected chi connectivity index (χ4v) is 2.95. The molecule has 0 bridgehead atoms. The molecule has 2 heterocycles. The third kappa shape index (κ3) is 2.51. The van der Waals surface area contributed by atoms with Crippen molar-refractivity contribution in [1.82, 2.24) is 9.88 Å². The van der Waals surface area contributed by atoms with Crippen molar-refractivity contribution in [2.24, 2.45) is 0 Å². The fourth-order valence-electron chi connectivity index (χ4n) is 2.95. The highest BCUT2D eigenvalue weighted by atomic mass is 15.1. The summed E-state index contributed by atoms with van der Waals surface area (Å²) in [4.78, 5) is 7.03. The molecule has 1 saturated heterocycles. The molecule has 1 N–H and O–H groups in total. The van der Waals surface area contributed by atoms with Crippen LogP contribution in [0.4, 0.5) is 5.82 Å². The third-order valence-corrected chi connectivity index (χ3v) is 4.40. The first-order valence-electron chi connectivity index (χ1n) is 7.25. The summed E-state index contributed by atoms with van der Waals surface area (Å²) in [7, 11) is 2.23. The van der Waals surface area contributed by atoms with E-state index in [-0.39, 0.29) is 0 Å². The summed E-state index contributed by atoms with van der Waals surface area (Å²) >= 11 is 0. The van der Waals surface area contributed by atoms with Crippen molar-refractivity contribution in [2.75, 3.05) is 18.9 Å². The van der Waals surface area contributed by atoms with Gasteiger partial charge in [0.1, 0.15) is 5.82 Å². The van der Waals surface area contributed by atoms with Crippen LogP contribution in [0.5, 0.6) is 0 Å². The van der Waals surface area contributed by atoms with Crippen molar-refractivity contribution in [3.8, 4) is 0 Å². The molecule has 0 radical (unpaired) electrons. The number of nitrogens with one attached hydrogen (secondary N) is 1. The molecule has 0 aromatic carbocycles. The molecule has 1 aliphatic heterocycles. The molecule has 98 valence electrons. The number of nitrogens with zero attached hydrogens (tertiary/aromatic N) is 2. The van der Waals surface area contributed by atoms with Crippen LogP contribution in [0.15, 0.2) is 18.3 Å². The first-order chi connectivity index (χ1) is 8.83. The molecular weight excluding hydrogens is 222 g/mol. The number of piperidine rings is 1. The summed E-state index contributed by atoms with van der Waals surface area (Å²) in [6.07, 6.45) is 9.98. The first kappa shape index (κ1) is 12.0. The molecule has 1 atom stereocenters. The van der Waals surface area contributed by atoms with Crippen LogP contribution in [-0.2, 0) is 0 Å². The second-order valence-electron chi connectivity index (χ2n) is 5.74. The molecule has 0 spiro atoms. The highest BCUT2D eigenvalue weighted by molar-refractivity contribution is 5.37. The quantitative estimate of drug-likeness (QED) is 0.886. The number of anilines is 1. The number of likely N-dealkylation sites (tertiary alicyclic amines) is 1. The molecule has 1 saturated carbocycles. The lowest BCUT2D eigenvalue weighted by Gasteiger charge is -2.32. The Morgan fingerprint density at radius 2 is 2.06 bits per heavy atom. The first-order valence-corrected chi connectivity index (χ1v) is 7.25. The van der Waals surface area contributed by atoms with E-state index >= 15 is 0 Å². The maximum absolute atomic E-state index is 4.57. The summed E-state index contributed by atoms with van der Waals surface area (Å²) in [6.45, 7) is 1.22. The van der Waals surface area contributed by atoms with E-state index in [1.807, 2.05) is 0 Å². The zero-order valence-corrected chi connectivity index (χ0v) is 11.2. The van der Waals surface area contributed by atoms with E-state index in [4.69, 9.17) is 0 Å². The van der Waals surface area contributed by atoms with Crippen LogP contribution in [0.3, 0.4) is 0 Å². The predicted molar refractivity (Wildman–Crippen MR) is 74.7 cm³/mol. The number of pyridine rings is 1. The molecular formula is C15H23N3. The van der Waals surface area contributed by atoms with Gasteiger partial charge in [-0.2, -0.15) is 0 Å². The maximum Gasteiger partial charge on any atom is 0.126 e. The van der Waals surface area contributed by atoms with Crippen molar-refractivity contribution < 1.29 is 0 Å². The zero-order chi connectivity index (χ0) is 12.4. The molecule has 2 fully saturated rings. The maximum atomic E-state index is 4.57. The van der Waals surface area contributed by atoms with Gasteiger partial charge in [-0.25, -0.2) is 4.98 Å². The number of hydrogen-bond donors (Lipinski definition) is 1. The molecule has 0 amide bonds. The minimum Gasteiger partial charge on any atom is -0.367 e. The molecule has 1 aromatic heterocycles. The summed E-state index contributed by atoms with van der Waals surface area (Å²) in [6, 6.07) is 5.64. The topological polar surface area (TPSA) is 28.2 Å². The van der Waals surface area contributed by atoms with Gasteiger partial charge in [0.05, 0.1) is 0 Å². The number of rotatable bonds is 3. The second-order valence-corrected chi connectivity index (χ2v) is 5.74. The van der Waals surface area contributed by atoms with Gasteiger partial charge in [0.25, 0.3) is 0 Å². The van der Waals surface area contributed by atoms with E-state index in [1.54, 1.807) is 0 Å². The summed E-state index contributed by atoms with van der Waals surface area (Å²) < 4.78 is 0.